The molecule has 0 aliphatic carbocycles. The van der Waals surface area contributed by atoms with E-state index in [1.807, 2.05) is 18.7 Å². The van der Waals surface area contributed by atoms with Crippen LogP contribution in [0.4, 0.5) is 24.7 Å². The number of pyridine rings is 1. The number of nitrogen functional groups attached to an aromatic ring is 1. The molecule has 1 aliphatic heterocycles. The second-order valence-electron chi connectivity index (χ2n) is 4.79. The number of alkyl halides is 3. The summed E-state index contributed by atoms with van der Waals surface area (Å²) in [5, 5.41) is 0. The molecule has 0 aromatic carbocycles. The summed E-state index contributed by atoms with van der Waals surface area (Å²) in [5.74, 6) is 0.451. The summed E-state index contributed by atoms with van der Waals surface area (Å²) in [4.78, 5) is 5.75. The van der Waals surface area contributed by atoms with Gasteiger partial charge >= 0.3 is 6.18 Å². The second-order valence-corrected chi connectivity index (χ2v) is 4.79. The first kappa shape index (κ1) is 13.9. The van der Waals surface area contributed by atoms with E-state index < -0.39 is 11.7 Å². The highest BCUT2D eigenvalue weighted by Crippen LogP contribution is 2.34. The molecule has 0 radical (unpaired) electrons. The van der Waals surface area contributed by atoms with Gasteiger partial charge in [-0.1, -0.05) is 0 Å². The Hall–Kier alpha value is -1.50. The van der Waals surface area contributed by atoms with Crippen LogP contribution in [0.25, 0.3) is 0 Å². The molecule has 0 spiro atoms. The van der Waals surface area contributed by atoms with Gasteiger partial charge in [0.25, 0.3) is 0 Å². The average molecular weight is 275 g/mol. The number of nitrogens with zero attached hydrogens (tertiary/aromatic N) is 2. The van der Waals surface area contributed by atoms with Crippen molar-refractivity contribution in [2.24, 2.45) is 0 Å². The third-order valence-electron chi connectivity index (χ3n) is 2.97. The summed E-state index contributed by atoms with van der Waals surface area (Å²) < 4.78 is 43.3. The van der Waals surface area contributed by atoms with Crippen molar-refractivity contribution in [3.63, 3.8) is 0 Å². The molecule has 1 aliphatic rings. The number of anilines is 2. The number of hydrogen-bond donors (Lipinski definition) is 1. The zero-order valence-corrected chi connectivity index (χ0v) is 10.7. The molecule has 1 fully saturated rings. The molecule has 106 valence electrons. The molecule has 1 aromatic rings. The predicted octanol–water partition coefficient (Wildman–Crippen LogP) is 2.30. The largest absolute Gasteiger partial charge is 0.419 e. The Morgan fingerprint density at radius 2 is 1.89 bits per heavy atom. The van der Waals surface area contributed by atoms with Crippen LogP contribution in [0.15, 0.2) is 12.3 Å². The van der Waals surface area contributed by atoms with Gasteiger partial charge in [0.15, 0.2) is 0 Å². The molecular weight excluding hydrogens is 259 g/mol. The minimum Gasteiger partial charge on any atom is -0.398 e. The molecule has 1 saturated heterocycles. The van der Waals surface area contributed by atoms with Crippen LogP contribution in [0.1, 0.15) is 19.4 Å². The highest BCUT2D eigenvalue weighted by atomic mass is 19.4. The first-order chi connectivity index (χ1) is 8.77. The lowest BCUT2D eigenvalue weighted by molar-refractivity contribution is -0.137. The molecule has 2 rings (SSSR count). The summed E-state index contributed by atoms with van der Waals surface area (Å²) in [6.07, 6.45) is -3.67. The van der Waals surface area contributed by atoms with E-state index >= 15 is 0 Å². The van der Waals surface area contributed by atoms with Crippen molar-refractivity contribution >= 4 is 11.5 Å². The fourth-order valence-corrected chi connectivity index (χ4v) is 2.23. The zero-order chi connectivity index (χ0) is 14.2. The Kier molecular flexibility index (Phi) is 3.58. The van der Waals surface area contributed by atoms with E-state index in [4.69, 9.17) is 10.5 Å². The summed E-state index contributed by atoms with van der Waals surface area (Å²) in [6.45, 7) is 5.00. The van der Waals surface area contributed by atoms with E-state index in [9.17, 15) is 13.2 Å². The Bertz CT molecular complexity index is 454. The summed E-state index contributed by atoms with van der Waals surface area (Å²) in [7, 11) is 0. The van der Waals surface area contributed by atoms with Crippen molar-refractivity contribution in [3.05, 3.63) is 17.8 Å². The first-order valence-electron chi connectivity index (χ1n) is 6.00. The minimum atomic E-state index is -4.47. The van der Waals surface area contributed by atoms with Crippen molar-refractivity contribution in [2.75, 3.05) is 23.7 Å². The zero-order valence-electron chi connectivity index (χ0n) is 10.7. The Morgan fingerprint density at radius 1 is 1.32 bits per heavy atom. The van der Waals surface area contributed by atoms with Crippen molar-refractivity contribution in [2.45, 2.75) is 32.2 Å². The predicted molar refractivity (Wildman–Crippen MR) is 65.9 cm³/mol. The van der Waals surface area contributed by atoms with Gasteiger partial charge < -0.3 is 15.4 Å². The maximum atomic E-state index is 12.6. The van der Waals surface area contributed by atoms with Crippen molar-refractivity contribution in [1.29, 1.82) is 0 Å². The average Bonchev–Trinajstić information content (AvgIpc) is 2.25. The number of ether oxygens (including phenoxy) is 1. The van der Waals surface area contributed by atoms with Gasteiger partial charge in [-0.3, -0.25) is 0 Å². The number of aromatic nitrogens is 1. The quantitative estimate of drug-likeness (QED) is 0.854. The van der Waals surface area contributed by atoms with Crippen LogP contribution < -0.4 is 10.6 Å². The van der Waals surface area contributed by atoms with Crippen molar-refractivity contribution in [3.8, 4) is 0 Å². The first-order valence-corrected chi connectivity index (χ1v) is 6.00. The molecule has 2 atom stereocenters. The van der Waals surface area contributed by atoms with Gasteiger partial charge in [0, 0.05) is 31.0 Å². The van der Waals surface area contributed by atoms with E-state index in [0.29, 0.717) is 18.9 Å². The third kappa shape index (κ3) is 3.09. The van der Waals surface area contributed by atoms with Gasteiger partial charge in [-0.15, -0.1) is 0 Å². The van der Waals surface area contributed by atoms with Gasteiger partial charge in [0.05, 0.1) is 17.8 Å². The highest BCUT2D eigenvalue weighted by molar-refractivity contribution is 5.56. The highest BCUT2D eigenvalue weighted by Gasteiger charge is 2.34. The van der Waals surface area contributed by atoms with Gasteiger partial charge in [-0.05, 0) is 13.8 Å². The second kappa shape index (κ2) is 4.88. The van der Waals surface area contributed by atoms with Crippen LogP contribution in [0.2, 0.25) is 0 Å². The van der Waals surface area contributed by atoms with Crippen molar-refractivity contribution in [1.82, 2.24) is 4.98 Å². The van der Waals surface area contributed by atoms with Crippen molar-refractivity contribution < 1.29 is 17.9 Å². The fraction of sp³-hybridized carbons (Fsp3) is 0.583. The van der Waals surface area contributed by atoms with Gasteiger partial charge in [0.1, 0.15) is 5.82 Å². The molecule has 2 N–H and O–H groups in total. The van der Waals surface area contributed by atoms with Crippen LogP contribution in [0, 0.1) is 0 Å². The topological polar surface area (TPSA) is 51.4 Å². The molecule has 0 amide bonds. The maximum Gasteiger partial charge on any atom is 0.419 e. The maximum absolute atomic E-state index is 12.6. The lowest BCUT2D eigenvalue weighted by atomic mass is 10.2. The normalized spacial score (nSPS) is 24.6. The SMILES string of the molecule is C[C@@H]1CN(c2cc(N)c(C(F)(F)F)cn2)C[C@H](C)O1. The molecule has 2 heterocycles. The number of halogens is 3. The van der Waals surface area contributed by atoms with Crippen LogP contribution in [-0.2, 0) is 10.9 Å². The Morgan fingerprint density at radius 3 is 2.37 bits per heavy atom. The number of hydrogen-bond acceptors (Lipinski definition) is 4. The van der Waals surface area contributed by atoms with E-state index in [2.05, 4.69) is 4.98 Å². The number of nitrogens with two attached hydrogens (primary N) is 1. The number of rotatable bonds is 1. The van der Waals surface area contributed by atoms with Crippen LogP contribution in [-0.4, -0.2) is 30.3 Å². The molecular formula is C12H16F3N3O. The lowest BCUT2D eigenvalue weighted by Crippen LogP contribution is -2.45. The molecule has 7 heteroatoms. The molecule has 0 unspecified atom stereocenters. The standard InChI is InChI=1S/C12H16F3N3O/c1-7-5-18(6-8(2)19-7)11-3-10(16)9(4-17-11)12(13,14)15/h3-4,7-8H,5-6H2,1-2H3,(H2,16,17)/t7-,8+. The number of morpholine rings is 1. The molecule has 19 heavy (non-hydrogen) atoms. The Balaban J connectivity index is 2.25. The van der Waals surface area contributed by atoms with Crippen LogP contribution in [0.3, 0.4) is 0 Å². The van der Waals surface area contributed by atoms with E-state index in [1.165, 1.54) is 6.07 Å². The van der Waals surface area contributed by atoms with E-state index in [-0.39, 0.29) is 17.9 Å². The molecule has 1 aromatic heterocycles. The van der Waals surface area contributed by atoms with Crippen LogP contribution in [0.5, 0.6) is 0 Å². The fourth-order valence-electron chi connectivity index (χ4n) is 2.23. The van der Waals surface area contributed by atoms with Gasteiger partial charge in [-0.25, -0.2) is 4.98 Å². The molecule has 0 bridgehead atoms. The monoisotopic (exact) mass is 275 g/mol. The van der Waals surface area contributed by atoms with E-state index in [1.54, 1.807) is 0 Å². The smallest absolute Gasteiger partial charge is 0.398 e. The summed E-state index contributed by atoms with van der Waals surface area (Å²) >= 11 is 0. The molecule has 4 nitrogen and oxygen atoms in total. The lowest BCUT2D eigenvalue weighted by Gasteiger charge is -2.36. The van der Waals surface area contributed by atoms with Crippen LogP contribution >= 0.6 is 0 Å². The summed E-state index contributed by atoms with van der Waals surface area (Å²) in [6, 6.07) is 1.27. The molecule has 0 saturated carbocycles. The minimum absolute atomic E-state index is 0.00840. The van der Waals surface area contributed by atoms with Gasteiger partial charge in [-0.2, -0.15) is 13.2 Å². The Labute approximate surface area is 109 Å². The van der Waals surface area contributed by atoms with E-state index in [0.717, 1.165) is 6.20 Å². The van der Waals surface area contributed by atoms with Gasteiger partial charge in [0.2, 0.25) is 0 Å². The summed E-state index contributed by atoms with van der Waals surface area (Å²) in [5.41, 5.74) is 4.27. The third-order valence-corrected chi connectivity index (χ3v) is 2.97.